The van der Waals surface area contributed by atoms with E-state index in [4.69, 9.17) is 5.11 Å². The number of hydrogen-bond acceptors (Lipinski definition) is 4. The molecule has 0 aliphatic rings. The first kappa shape index (κ1) is 16.7. The fraction of sp³-hybridized carbons (Fsp3) is 0.467. The summed E-state index contributed by atoms with van der Waals surface area (Å²) in [5, 5.41) is 17.1. The van der Waals surface area contributed by atoms with Crippen LogP contribution in [0.25, 0.3) is 0 Å². The maximum atomic E-state index is 12.4. The van der Waals surface area contributed by atoms with E-state index >= 15 is 0 Å². The van der Waals surface area contributed by atoms with Gasteiger partial charge in [0.2, 0.25) is 0 Å². The van der Waals surface area contributed by atoms with Crippen LogP contribution in [-0.4, -0.2) is 48.5 Å². The molecule has 2 heterocycles. The number of carbonyl (C=O) groups excluding carboxylic acids is 1. The molecule has 2 aromatic heterocycles. The molecule has 0 unspecified atom stereocenters. The molecular weight excluding hydrogens is 298 g/mol. The van der Waals surface area contributed by atoms with E-state index in [0.29, 0.717) is 12.2 Å². The van der Waals surface area contributed by atoms with Crippen LogP contribution in [0.1, 0.15) is 35.1 Å². The second-order valence-corrected chi connectivity index (χ2v) is 5.34. The summed E-state index contributed by atoms with van der Waals surface area (Å²) in [4.78, 5) is 24.5. The number of carbonyl (C=O) groups is 2. The molecule has 0 atom stereocenters. The number of aliphatic carboxylic acids is 1. The highest BCUT2D eigenvalue weighted by Gasteiger charge is 2.17. The number of nitrogens with zero attached hydrogens (tertiary/aromatic N) is 5. The monoisotopic (exact) mass is 319 g/mol. The van der Waals surface area contributed by atoms with Gasteiger partial charge in [-0.25, -0.2) is 0 Å². The summed E-state index contributed by atoms with van der Waals surface area (Å²) >= 11 is 0. The number of rotatable bonds is 7. The molecule has 2 aromatic rings. The summed E-state index contributed by atoms with van der Waals surface area (Å²) in [6.45, 7) is 5.48. The van der Waals surface area contributed by atoms with E-state index < -0.39 is 5.97 Å². The van der Waals surface area contributed by atoms with Crippen molar-refractivity contribution in [2.24, 2.45) is 0 Å². The molecule has 0 aliphatic carbocycles. The largest absolute Gasteiger partial charge is 0.481 e. The number of aryl methyl sites for hydroxylation is 2. The van der Waals surface area contributed by atoms with Crippen LogP contribution in [0.5, 0.6) is 0 Å². The van der Waals surface area contributed by atoms with Crippen LogP contribution in [0.15, 0.2) is 18.5 Å². The summed E-state index contributed by atoms with van der Waals surface area (Å²) in [7, 11) is 1.71. The Morgan fingerprint density at radius 3 is 2.74 bits per heavy atom. The molecule has 8 heteroatoms. The predicted octanol–water partition coefficient (Wildman–Crippen LogP) is 1.15. The molecule has 0 aliphatic heterocycles. The van der Waals surface area contributed by atoms with Crippen LogP contribution in [0.4, 0.5) is 0 Å². The third kappa shape index (κ3) is 3.97. The number of aromatic nitrogens is 4. The van der Waals surface area contributed by atoms with Crippen molar-refractivity contribution < 1.29 is 14.7 Å². The second kappa shape index (κ2) is 7.08. The minimum Gasteiger partial charge on any atom is -0.481 e. The molecule has 0 radical (unpaired) electrons. The van der Waals surface area contributed by atoms with Crippen molar-refractivity contribution in [3.8, 4) is 0 Å². The highest BCUT2D eigenvalue weighted by Crippen LogP contribution is 2.11. The van der Waals surface area contributed by atoms with E-state index in [-0.39, 0.29) is 18.9 Å². The van der Waals surface area contributed by atoms with Crippen molar-refractivity contribution in [2.75, 3.05) is 7.05 Å². The molecular formula is C15H21N5O3. The van der Waals surface area contributed by atoms with Gasteiger partial charge < -0.3 is 10.0 Å². The lowest BCUT2D eigenvalue weighted by atomic mass is 10.2. The summed E-state index contributed by atoms with van der Waals surface area (Å²) in [5.74, 6) is -1.10. The standard InChI is InChI=1S/C15H21N5O3/c1-4-20-11(2)12(9-16-20)10-18(3)15(23)13-5-7-19(17-13)8-6-14(21)22/h5,7,9H,4,6,8,10H2,1-3H3,(H,21,22). The Labute approximate surface area is 134 Å². The average Bonchev–Trinajstić information content (AvgIpc) is 3.12. The van der Waals surface area contributed by atoms with Gasteiger partial charge in [0, 0.05) is 37.6 Å². The molecule has 0 aromatic carbocycles. The Bertz CT molecular complexity index is 704. The number of amides is 1. The smallest absolute Gasteiger partial charge is 0.305 e. The van der Waals surface area contributed by atoms with E-state index in [2.05, 4.69) is 10.2 Å². The third-order valence-corrected chi connectivity index (χ3v) is 3.67. The van der Waals surface area contributed by atoms with Crippen molar-refractivity contribution in [2.45, 2.75) is 39.9 Å². The van der Waals surface area contributed by atoms with Crippen LogP contribution >= 0.6 is 0 Å². The fourth-order valence-corrected chi connectivity index (χ4v) is 2.29. The topological polar surface area (TPSA) is 93.2 Å². The molecule has 124 valence electrons. The molecule has 2 rings (SSSR count). The molecule has 0 saturated heterocycles. The summed E-state index contributed by atoms with van der Waals surface area (Å²) in [6.07, 6.45) is 3.36. The molecule has 23 heavy (non-hydrogen) atoms. The van der Waals surface area contributed by atoms with Gasteiger partial charge in [0.05, 0.1) is 19.2 Å². The van der Waals surface area contributed by atoms with Gasteiger partial charge in [0.15, 0.2) is 0 Å². The van der Waals surface area contributed by atoms with Gasteiger partial charge in [0.1, 0.15) is 5.69 Å². The van der Waals surface area contributed by atoms with Crippen LogP contribution in [-0.2, 0) is 24.4 Å². The van der Waals surface area contributed by atoms with Crippen LogP contribution < -0.4 is 0 Å². The van der Waals surface area contributed by atoms with Gasteiger partial charge in [0.25, 0.3) is 5.91 Å². The Hall–Kier alpha value is -2.64. The lowest BCUT2D eigenvalue weighted by Gasteiger charge is -2.15. The van der Waals surface area contributed by atoms with E-state index in [1.807, 2.05) is 18.5 Å². The Morgan fingerprint density at radius 2 is 2.13 bits per heavy atom. The van der Waals surface area contributed by atoms with Crippen LogP contribution in [0.3, 0.4) is 0 Å². The van der Waals surface area contributed by atoms with Crippen LogP contribution in [0, 0.1) is 6.92 Å². The van der Waals surface area contributed by atoms with Crippen molar-refractivity contribution in [1.82, 2.24) is 24.5 Å². The lowest BCUT2D eigenvalue weighted by molar-refractivity contribution is -0.137. The maximum absolute atomic E-state index is 12.4. The molecule has 0 saturated carbocycles. The number of carboxylic acid groups (broad SMARTS) is 1. The van der Waals surface area contributed by atoms with Crippen molar-refractivity contribution in [3.05, 3.63) is 35.4 Å². The quantitative estimate of drug-likeness (QED) is 0.826. The van der Waals surface area contributed by atoms with Gasteiger partial charge in [-0.1, -0.05) is 0 Å². The minimum absolute atomic E-state index is 0.0272. The fourth-order valence-electron chi connectivity index (χ4n) is 2.29. The molecule has 0 bridgehead atoms. The average molecular weight is 319 g/mol. The van der Waals surface area contributed by atoms with Crippen molar-refractivity contribution in [3.63, 3.8) is 0 Å². The molecule has 1 amide bonds. The minimum atomic E-state index is -0.895. The highest BCUT2D eigenvalue weighted by molar-refractivity contribution is 5.92. The first-order valence-electron chi connectivity index (χ1n) is 7.44. The van der Waals surface area contributed by atoms with E-state index in [0.717, 1.165) is 17.8 Å². The van der Waals surface area contributed by atoms with Gasteiger partial charge in [-0.05, 0) is 19.9 Å². The highest BCUT2D eigenvalue weighted by atomic mass is 16.4. The second-order valence-electron chi connectivity index (χ2n) is 5.34. The first-order valence-corrected chi connectivity index (χ1v) is 7.44. The normalized spacial score (nSPS) is 10.7. The first-order chi connectivity index (χ1) is 10.9. The lowest BCUT2D eigenvalue weighted by Crippen LogP contribution is -2.27. The zero-order valence-corrected chi connectivity index (χ0v) is 13.6. The maximum Gasteiger partial charge on any atom is 0.305 e. The summed E-state index contributed by atoms with van der Waals surface area (Å²) in [6, 6.07) is 1.60. The molecule has 0 fully saturated rings. The van der Waals surface area contributed by atoms with Gasteiger partial charge in [-0.2, -0.15) is 10.2 Å². The Morgan fingerprint density at radius 1 is 1.39 bits per heavy atom. The Kier molecular flexibility index (Phi) is 5.15. The molecule has 1 N–H and O–H groups in total. The summed E-state index contributed by atoms with van der Waals surface area (Å²) < 4.78 is 3.35. The van der Waals surface area contributed by atoms with Crippen LogP contribution in [0.2, 0.25) is 0 Å². The van der Waals surface area contributed by atoms with Gasteiger partial charge in [-0.3, -0.25) is 19.0 Å². The summed E-state index contributed by atoms with van der Waals surface area (Å²) in [5.41, 5.74) is 2.34. The van der Waals surface area contributed by atoms with Gasteiger partial charge >= 0.3 is 5.97 Å². The Balaban J connectivity index is 2.01. The predicted molar refractivity (Wildman–Crippen MR) is 82.9 cm³/mol. The van der Waals surface area contributed by atoms with Crippen molar-refractivity contribution in [1.29, 1.82) is 0 Å². The zero-order chi connectivity index (χ0) is 17.0. The molecule has 0 spiro atoms. The molecule has 8 nitrogen and oxygen atoms in total. The van der Waals surface area contributed by atoms with Gasteiger partial charge in [-0.15, -0.1) is 0 Å². The van der Waals surface area contributed by atoms with E-state index in [9.17, 15) is 9.59 Å². The number of hydrogen-bond donors (Lipinski definition) is 1. The zero-order valence-electron chi connectivity index (χ0n) is 13.6. The van der Waals surface area contributed by atoms with E-state index in [1.165, 1.54) is 4.68 Å². The third-order valence-electron chi connectivity index (χ3n) is 3.67. The number of carboxylic acids is 1. The van der Waals surface area contributed by atoms with E-state index in [1.54, 1.807) is 30.4 Å². The van der Waals surface area contributed by atoms with Crippen molar-refractivity contribution >= 4 is 11.9 Å². The SMILES string of the molecule is CCn1ncc(CN(C)C(=O)c2ccn(CCC(=O)O)n2)c1C.